The molecule has 0 spiro atoms. The van der Waals surface area contributed by atoms with Gasteiger partial charge < -0.3 is 5.32 Å². The smallest absolute Gasteiger partial charge is 0.221 e. The van der Waals surface area contributed by atoms with E-state index >= 15 is 0 Å². The van der Waals surface area contributed by atoms with Gasteiger partial charge in [-0.15, -0.1) is 0 Å². The number of nitrogens with zero attached hydrogens (tertiary/aromatic N) is 3. The molecule has 0 radical (unpaired) electrons. The first-order chi connectivity index (χ1) is 12.3. The number of hydrogen-bond acceptors (Lipinski definition) is 4. The van der Waals surface area contributed by atoms with Crippen LogP contribution >= 0.6 is 0 Å². The normalized spacial score (nSPS) is 19.8. The van der Waals surface area contributed by atoms with Crippen LogP contribution in [0.3, 0.4) is 0 Å². The van der Waals surface area contributed by atoms with E-state index in [9.17, 15) is 4.79 Å². The molecule has 5 nitrogen and oxygen atoms in total. The molecule has 25 heavy (non-hydrogen) atoms. The van der Waals surface area contributed by atoms with Crippen LogP contribution in [0.1, 0.15) is 47.7 Å². The lowest BCUT2D eigenvalue weighted by Gasteiger charge is -2.29. The number of aromatic nitrogens is 2. The summed E-state index contributed by atoms with van der Waals surface area (Å²) in [7, 11) is 0. The van der Waals surface area contributed by atoms with E-state index < -0.39 is 0 Å². The van der Waals surface area contributed by atoms with E-state index in [1.165, 1.54) is 16.7 Å². The van der Waals surface area contributed by atoms with Crippen molar-refractivity contribution in [3.63, 3.8) is 0 Å². The zero-order valence-corrected chi connectivity index (χ0v) is 14.4. The topological polar surface area (TPSA) is 58.1 Å². The van der Waals surface area contributed by atoms with Gasteiger partial charge in [0.05, 0.1) is 11.7 Å². The number of benzene rings is 1. The van der Waals surface area contributed by atoms with Gasteiger partial charge in [-0.2, -0.15) is 0 Å². The molecule has 4 rings (SSSR count). The van der Waals surface area contributed by atoms with E-state index in [-0.39, 0.29) is 11.9 Å². The van der Waals surface area contributed by atoms with Crippen molar-refractivity contribution in [1.82, 2.24) is 20.2 Å². The van der Waals surface area contributed by atoms with Gasteiger partial charge in [0.25, 0.3) is 0 Å². The second-order valence-corrected chi connectivity index (χ2v) is 6.98. The number of carbonyl (C=O) groups is 1. The number of amides is 1. The van der Waals surface area contributed by atoms with Crippen molar-refractivity contribution in [2.45, 2.75) is 44.7 Å². The van der Waals surface area contributed by atoms with E-state index in [4.69, 9.17) is 0 Å². The van der Waals surface area contributed by atoms with Crippen LogP contribution in [0.5, 0.6) is 0 Å². The highest BCUT2D eigenvalue weighted by Gasteiger charge is 2.22. The third-order valence-electron chi connectivity index (χ3n) is 5.31. The van der Waals surface area contributed by atoms with Crippen LogP contribution in [0.4, 0.5) is 0 Å². The summed E-state index contributed by atoms with van der Waals surface area (Å²) in [6.45, 7) is 2.57. The van der Waals surface area contributed by atoms with Crippen molar-refractivity contribution in [2.24, 2.45) is 0 Å². The Balaban J connectivity index is 1.31. The molecule has 1 aromatic carbocycles. The minimum absolute atomic E-state index is 0.148. The number of carbonyl (C=O) groups excluding carboxylic acids is 1. The summed E-state index contributed by atoms with van der Waals surface area (Å²) in [4.78, 5) is 23.2. The molecular formula is C20H24N4O. The lowest BCUT2D eigenvalue weighted by atomic mass is 9.87. The Morgan fingerprint density at radius 1 is 1.24 bits per heavy atom. The summed E-state index contributed by atoms with van der Waals surface area (Å²) in [5.74, 6) is 0.148. The summed E-state index contributed by atoms with van der Waals surface area (Å²) in [5.41, 5.74) is 5.02. The van der Waals surface area contributed by atoms with E-state index in [0.29, 0.717) is 6.42 Å². The van der Waals surface area contributed by atoms with Crippen LogP contribution < -0.4 is 5.32 Å². The van der Waals surface area contributed by atoms with E-state index in [0.717, 1.165) is 51.0 Å². The molecule has 2 heterocycles. The number of hydrogen-bond donors (Lipinski definition) is 1. The van der Waals surface area contributed by atoms with Gasteiger partial charge in [0, 0.05) is 32.3 Å². The molecule has 0 saturated heterocycles. The monoisotopic (exact) mass is 336 g/mol. The highest BCUT2D eigenvalue weighted by molar-refractivity contribution is 5.76. The summed E-state index contributed by atoms with van der Waals surface area (Å²) < 4.78 is 0. The predicted molar refractivity (Wildman–Crippen MR) is 95.9 cm³/mol. The van der Waals surface area contributed by atoms with E-state index in [1.807, 2.05) is 6.20 Å². The Morgan fingerprint density at radius 2 is 2.16 bits per heavy atom. The van der Waals surface area contributed by atoms with Crippen LogP contribution in [-0.4, -0.2) is 33.9 Å². The fourth-order valence-corrected chi connectivity index (χ4v) is 3.93. The van der Waals surface area contributed by atoms with Crippen LogP contribution in [0.2, 0.25) is 0 Å². The van der Waals surface area contributed by atoms with Crippen molar-refractivity contribution in [3.05, 3.63) is 59.2 Å². The second kappa shape index (κ2) is 7.31. The van der Waals surface area contributed by atoms with Crippen molar-refractivity contribution < 1.29 is 4.79 Å². The highest BCUT2D eigenvalue weighted by Crippen LogP contribution is 2.29. The molecule has 5 heteroatoms. The van der Waals surface area contributed by atoms with Gasteiger partial charge in [0.2, 0.25) is 5.91 Å². The average molecular weight is 336 g/mol. The van der Waals surface area contributed by atoms with Crippen LogP contribution in [-0.2, 0) is 24.2 Å². The minimum atomic E-state index is 0.148. The quantitative estimate of drug-likeness (QED) is 0.931. The largest absolute Gasteiger partial charge is 0.349 e. The standard InChI is InChI=1S/C20H24N4O/c25-20(23-18-7-3-5-15-4-1-2-6-17(15)18)9-11-24-10-8-16-12-21-14-22-19(16)13-24/h1-2,4,6,12,14,18H,3,5,7-11,13H2,(H,23,25). The van der Waals surface area contributed by atoms with Gasteiger partial charge in [-0.3, -0.25) is 9.69 Å². The maximum absolute atomic E-state index is 12.4. The maximum Gasteiger partial charge on any atom is 0.221 e. The molecule has 1 aromatic heterocycles. The SMILES string of the molecule is O=C(CCN1CCc2cncnc2C1)NC1CCCc2ccccc21. The van der Waals surface area contributed by atoms with Crippen LogP contribution in [0, 0.1) is 0 Å². The number of fused-ring (bicyclic) bond motifs is 2. The molecule has 130 valence electrons. The van der Waals surface area contributed by atoms with Crippen molar-refractivity contribution in [3.8, 4) is 0 Å². The Kier molecular flexibility index (Phi) is 4.74. The Bertz CT molecular complexity index is 761. The first kappa shape index (κ1) is 16.2. The molecule has 1 atom stereocenters. The zero-order chi connectivity index (χ0) is 17.1. The minimum Gasteiger partial charge on any atom is -0.349 e. The summed E-state index contributed by atoms with van der Waals surface area (Å²) in [6.07, 6.45) is 8.33. The molecule has 0 bridgehead atoms. The average Bonchev–Trinajstić information content (AvgIpc) is 2.66. The fraction of sp³-hybridized carbons (Fsp3) is 0.450. The fourth-order valence-electron chi connectivity index (χ4n) is 3.93. The molecule has 1 aliphatic carbocycles. The Morgan fingerprint density at radius 3 is 3.12 bits per heavy atom. The van der Waals surface area contributed by atoms with Gasteiger partial charge in [0.15, 0.2) is 0 Å². The number of aryl methyl sites for hydroxylation is 1. The maximum atomic E-state index is 12.4. The summed E-state index contributed by atoms with van der Waals surface area (Å²) >= 11 is 0. The van der Waals surface area contributed by atoms with Gasteiger partial charge >= 0.3 is 0 Å². The second-order valence-electron chi connectivity index (χ2n) is 6.98. The molecule has 2 aliphatic rings. The third kappa shape index (κ3) is 3.71. The summed E-state index contributed by atoms with van der Waals surface area (Å²) in [6, 6.07) is 8.66. The van der Waals surface area contributed by atoms with Gasteiger partial charge in [-0.25, -0.2) is 9.97 Å². The third-order valence-corrected chi connectivity index (χ3v) is 5.31. The molecule has 2 aromatic rings. The molecule has 0 saturated carbocycles. The summed E-state index contributed by atoms with van der Waals surface area (Å²) in [5, 5.41) is 3.24. The van der Waals surface area contributed by atoms with E-state index in [2.05, 4.69) is 44.5 Å². The van der Waals surface area contributed by atoms with Gasteiger partial charge in [0.1, 0.15) is 6.33 Å². The molecular weight excluding hydrogens is 312 g/mol. The molecule has 0 fully saturated rings. The van der Waals surface area contributed by atoms with Crippen LogP contribution in [0.15, 0.2) is 36.8 Å². The first-order valence-electron chi connectivity index (χ1n) is 9.17. The zero-order valence-electron chi connectivity index (χ0n) is 14.4. The van der Waals surface area contributed by atoms with Crippen LogP contribution in [0.25, 0.3) is 0 Å². The van der Waals surface area contributed by atoms with E-state index in [1.54, 1.807) is 6.33 Å². The van der Waals surface area contributed by atoms with Gasteiger partial charge in [-0.1, -0.05) is 24.3 Å². The predicted octanol–water partition coefficient (Wildman–Crippen LogP) is 2.42. The van der Waals surface area contributed by atoms with Gasteiger partial charge in [-0.05, 0) is 42.4 Å². The highest BCUT2D eigenvalue weighted by atomic mass is 16.1. The Labute approximate surface area is 148 Å². The number of rotatable bonds is 4. The lowest BCUT2D eigenvalue weighted by Crippen LogP contribution is -2.36. The molecule has 1 N–H and O–H groups in total. The molecule has 1 amide bonds. The lowest BCUT2D eigenvalue weighted by molar-refractivity contribution is -0.122. The number of nitrogens with one attached hydrogen (secondary N) is 1. The van der Waals surface area contributed by atoms with Crippen molar-refractivity contribution in [1.29, 1.82) is 0 Å². The first-order valence-corrected chi connectivity index (χ1v) is 9.17. The molecule has 1 aliphatic heterocycles. The van der Waals surface area contributed by atoms with Crippen molar-refractivity contribution >= 4 is 5.91 Å². The molecule has 1 unspecified atom stereocenters. The Hall–Kier alpha value is -2.27. The van der Waals surface area contributed by atoms with Crippen molar-refractivity contribution in [2.75, 3.05) is 13.1 Å².